The van der Waals surface area contributed by atoms with Crippen LogP contribution in [0.3, 0.4) is 0 Å². The van der Waals surface area contributed by atoms with Gasteiger partial charge in [0.05, 0.1) is 59.2 Å². The molecule has 0 aliphatic carbocycles. The molecule has 0 spiro atoms. The number of nitrogens with one attached hydrogen (secondary N) is 2. The number of carbonyl (C=O) groups is 2. The van der Waals surface area contributed by atoms with Crippen LogP contribution in [0.5, 0.6) is 11.8 Å². The van der Waals surface area contributed by atoms with Gasteiger partial charge in [0.2, 0.25) is 11.8 Å². The van der Waals surface area contributed by atoms with Gasteiger partial charge in [0.25, 0.3) is 20.0 Å². The van der Waals surface area contributed by atoms with Crippen LogP contribution < -0.4 is 18.9 Å². The Bertz CT molecular complexity index is 4210. The Hall–Kier alpha value is -7.05. The van der Waals surface area contributed by atoms with Crippen LogP contribution in [-0.4, -0.2) is 72.5 Å². The predicted octanol–water partition coefficient (Wildman–Crippen LogP) is 12.1. The maximum absolute atomic E-state index is 13.4. The molecule has 0 unspecified atom stereocenters. The van der Waals surface area contributed by atoms with E-state index >= 15 is 0 Å². The van der Waals surface area contributed by atoms with Crippen LogP contribution in [0.15, 0.2) is 114 Å². The minimum absolute atomic E-state index is 0.0108. The zero-order chi connectivity index (χ0) is 52.3. The first kappa shape index (κ1) is 50.1. The van der Waals surface area contributed by atoms with E-state index < -0.39 is 20.0 Å². The number of Topliss-reactive ketones (excluding diaryl/α,β-unsaturated/α-hetero) is 2. The number of fused-ring (bicyclic) bond motifs is 18. The van der Waals surface area contributed by atoms with E-state index in [-0.39, 0.29) is 67.9 Å². The molecule has 2 aliphatic heterocycles. The summed E-state index contributed by atoms with van der Waals surface area (Å²) in [6, 6.07) is 21.6. The van der Waals surface area contributed by atoms with Crippen molar-refractivity contribution in [1.29, 1.82) is 0 Å². The normalized spacial score (nSPS) is 14.7. The lowest BCUT2D eigenvalue weighted by molar-refractivity contribution is 0.0975. The van der Waals surface area contributed by atoms with Gasteiger partial charge in [-0.1, -0.05) is 23.7 Å². The van der Waals surface area contributed by atoms with Gasteiger partial charge < -0.3 is 9.47 Å². The van der Waals surface area contributed by atoms with Gasteiger partial charge in [0.15, 0.2) is 11.6 Å². The molecule has 2 aromatic carbocycles. The van der Waals surface area contributed by atoms with Crippen LogP contribution in [0.1, 0.15) is 54.4 Å². The Morgan fingerprint density at radius 3 is 1.57 bits per heavy atom. The Kier molecular flexibility index (Phi) is 13.3. The van der Waals surface area contributed by atoms with E-state index in [2.05, 4.69) is 39.3 Å². The fourth-order valence-corrected chi connectivity index (χ4v) is 15.8. The highest BCUT2D eigenvalue weighted by molar-refractivity contribution is 7.93. The molecule has 10 aromatic rings. The maximum Gasteiger partial charge on any atom is 0.262 e. The molecule has 75 heavy (non-hydrogen) atoms. The summed E-state index contributed by atoms with van der Waals surface area (Å²) in [4.78, 5) is 58.8. The quantitative estimate of drug-likeness (QED) is 0.164. The number of methoxy groups -OCH3 is 2. The molecule has 16 bridgehead atoms. The molecule has 0 fully saturated rings. The van der Waals surface area contributed by atoms with Crippen LogP contribution in [0.25, 0.3) is 62.5 Å². The second-order valence-corrected chi connectivity index (χ2v) is 25.4. The van der Waals surface area contributed by atoms with Crippen LogP contribution in [0.2, 0.25) is 5.02 Å². The minimum atomic E-state index is -4.10. The molecule has 0 saturated heterocycles. The van der Waals surface area contributed by atoms with Crippen molar-refractivity contribution in [2.45, 2.75) is 49.3 Å². The highest BCUT2D eigenvalue weighted by Crippen LogP contribution is 2.46. The number of ketones is 2. The zero-order valence-corrected chi connectivity index (χ0v) is 45.6. The van der Waals surface area contributed by atoms with Gasteiger partial charge in [-0.15, -0.1) is 45.3 Å². The molecule has 0 radical (unpaired) electrons. The number of pyridine rings is 2. The average molecular weight is 1130 g/mol. The second kappa shape index (κ2) is 19.9. The maximum atomic E-state index is 13.4. The van der Waals surface area contributed by atoms with Crippen molar-refractivity contribution in [3.63, 3.8) is 0 Å². The number of aryl methyl sites for hydroxylation is 4. The van der Waals surface area contributed by atoms with E-state index in [4.69, 9.17) is 21.1 Å². The second-order valence-electron chi connectivity index (χ2n) is 17.2. The van der Waals surface area contributed by atoms with E-state index in [0.717, 1.165) is 77.8 Å². The number of sulfonamides is 2. The standard InChI is InChI=1S/C26H19ClN4O4S3.C26H20N4O4S3/c1-13-22-25-23(30-12-29-22)21-8-4-15(36-21)3-7-20(32)17-10-16(5-6-18(17)27)38(33,34)31-19-9-14(24(13)37-25)11-28-26(19)35-2;1-14-22-25-23(29-13-28-22)21-9-7-17(35-21)6-8-20(31)15-4-3-5-18(10-15)37(32,33)30-19-11-16(24(14)36-25)12-27-26(19)34-2/h4-6,8-12,31H,3,7H2,1-2H3;3-5,7,9-13,30H,6,8H2,1-2H3. The fourth-order valence-electron chi connectivity index (χ4n) is 8.73. The molecule has 23 heteroatoms. The third kappa shape index (κ3) is 9.55. The molecule has 16 nitrogen and oxygen atoms in total. The Labute approximate surface area is 450 Å². The Morgan fingerprint density at radius 1 is 0.547 bits per heavy atom. The number of aromatic nitrogens is 6. The van der Waals surface area contributed by atoms with E-state index in [1.54, 1.807) is 72.0 Å². The average Bonchev–Trinajstić information content (AvgIpc) is 4.23. The fraction of sp³-hybridized carbons (Fsp3) is 0.154. The van der Waals surface area contributed by atoms with E-state index in [9.17, 15) is 26.4 Å². The van der Waals surface area contributed by atoms with Crippen molar-refractivity contribution in [2.75, 3.05) is 23.7 Å². The number of carbonyl (C=O) groups excluding carboxylic acids is 2. The predicted molar refractivity (Wildman–Crippen MR) is 295 cm³/mol. The van der Waals surface area contributed by atoms with Crippen LogP contribution in [0.4, 0.5) is 11.4 Å². The summed E-state index contributed by atoms with van der Waals surface area (Å²) in [6.45, 7) is 3.96. The van der Waals surface area contributed by atoms with Gasteiger partial charge >= 0.3 is 0 Å². The molecule has 0 saturated carbocycles. The molecule has 2 aliphatic rings. The molecule has 0 atom stereocenters. The third-order valence-electron chi connectivity index (χ3n) is 12.5. The molecular weight excluding hydrogens is 1090 g/mol. The molecule has 12 rings (SSSR count). The molecule has 2 N–H and O–H groups in total. The topological polar surface area (TPSA) is 222 Å². The van der Waals surface area contributed by atoms with Crippen molar-refractivity contribution < 1.29 is 35.9 Å². The number of ether oxygens (including phenoxy) is 2. The highest BCUT2D eigenvalue weighted by Gasteiger charge is 2.26. The lowest BCUT2D eigenvalue weighted by Crippen LogP contribution is -2.15. The Balaban J connectivity index is 0.000000161. The summed E-state index contributed by atoms with van der Waals surface area (Å²) >= 11 is 12.5. The summed E-state index contributed by atoms with van der Waals surface area (Å²) in [5.74, 6) is -0.119. The van der Waals surface area contributed by atoms with E-state index in [0.29, 0.717) is 24.0 Å². The van der Waals surface area contributed by atoms with Gasteiger partial charge in [-0.25, -0.2) is 46.7 Å². The molecule has 8 aromatic heterocycles. The van der Waals surface area contributed by atoms with Gasteiger partial charge in [-0.05, 0) is 105 Å². The highest BCUT2D eigenvalue weighted by atomic mass is 35.5. The third-order valence-corrected chi connectivity index (χ3v) is 20.5. The van der Waals surface area contributed by atoms with E-state index in [1.807, 2.05) is 38.1 Å². The number of hydrogen-bond acceptors (Lipinski definition) is 18. The molecule has 10 heterocycles. The summed E-state index contributed by atoms with van der Waals surface area (Å²) < 4.78 is 71.2. The number of nitrogens with zero attached hydrogens (tertiary/aromatic N) is 6. The number of halogens is 1. The lowest BCUT2D eigenvalue weighted by Gasteiger charge is -2.13. The largest absolute Gasteiger partial charge is 0.480 e. The number of thiophene rings is 4. The lowest BCUT2D eigenvalue weighted by atomic mass is 10.1. The van der Waals surface area contributed by atoms with Gasteiger partial charge in [-0.2, -0.15) is 0 Å². The first-order valence-corrected chi connectivity index (χ1v) is 29.5. The van der Waals surface area contributed by atoms with Crippen molar-refractivity contribution in [3.8, 4) is 53.8 Å². The number of hydrogen-bond donors (Lipinski definition) is 2. The van der Waals surface area contributed by atoms with Crippen molar-refractivity contribution in [1.82, 2.24) is 29.9 Å². The van der Waals surface area contributed by atoms with Crippen molar-refractivity contribution in [2.24, 2.45) is 0 Å². The summed E-state index contributed by atoms with van der Waals surface area (Å²) in [6.07, 6.45) is 7.89. The molecule has 378 valence electrons. The van der Waals surface area contributed by atoms with Gasteiger partial charge in [0.1, 0.15) is 35.4 Å². The SMILES string of the molecule is COc1ncc2cc1NS(=O)(=O)c1ccc(Cl)c(c1)C(=O)CCc1ccc(s1)-c1ncnc3c(C)c-2sc13.COc1ncc2cc1NS(=O)(=O)c1cccc(c1)C(=O)CCc1ccc(s1)-c1ncnc3c(C)c-2sc13. The minimum Gasteiger partial charge on any atom is -0.480 e. The summed E-state index contributed by atoms with van der Waals surface area (Å²) in [5, 5.41) is 0.197. The van der Waals surface area contributed by atoms with E-state index in [1.165, 1.54) is 67.2 Å². The summed E-state index contributed by atoms with van der Waals surface area (Å²) in [7, 11) is -5.28. The van der Waals surface area contributed by atoms with Crippen molar-refractivity contribution >= 4 is 120 Å². The molecule has 0 amide bonds. The van der Waals surface area contributed by atoms with Crippen LogP contribution in [-0.2, 0) is 32.9 Å². The first-order valence-electron chi connectivity index (χ1n) is 22.9. The molecular formula is C52H39ClN8O8S6. The van der Waals surface area contributed by atoms with Gasteiger partial charge in [-0.3, -0.25) is 19.0 Å². The van der Waals surface area contributed by atoms with Crippen LogP contribution >= 0.6 is 56.9 Å². The van der Waals surface area contributed by atoms with Gasteiger partial charge in [0, 0.05) is 67.0 Å². The number of rotatable bonds is 2. The monoisotopic (exact) mass is 1130 g/mol. The number of benzene rings is 2. The van der Waals surface area contributed by atoms with Crippen LogP contribution in [0, 0.1) is 13.8 Å². The first-order chi connectivity index (χ1) is 36.1. The number of anilines is 2. The Morgan fingerprint density at radius 2 is 1.05 bits per heavy atom. The van der Waals surface area contributed by atoms with Crippen molar-refractivity contribution in [3.05, 3.63) is 141 Å². The summed E-state index contributed by atoms with van der Waals surface area (Å²) in [5.41, 5.74) is 7.50. The smallest absolute Gasteiger partial charge is 0.262 e. The zero-order valence-electron chi connectivity index (χ0n) is 39.9.